The Balaban J connectivity index is 2.44. The Morgan fingerprint density at radius 1 is 1.42 bits per heavy atom. The third-order valence-electron chi connectivity index (χ3n) is 3.34. The molecule has 5 N–H and O–H groups in total. The number of anilines is 2. The van der Waals surface area contributed by atoms with Gasteiger partial charge < -0.3 is 15.8 Å². The van der Waals surface area contributed by atoms with Crippen molar-refractivity contribution < 1.29 is 13.2 Å². The number of nitrogens with one attached hydrogen (secondary N) is 1. The van der Waals surface area contributed by atoms with Gasteiger partial charge in [0.15, 0.2) is 0 Å². The van der Waals surface area contributed by atoms with E-state index in [9.17, 15) is 8.42 Å². The monoisotopic (exact) mass is 285 g/mol. The summed E-state index contributed by atoms with van der Waals surface area (Å²) >= 11 is 0. The molecule has 0 amide bonds. The highest BCUT2D eigenvalue weighted by Crippen LogP contribution is 2.30. The SMILES string of the molecule is Cc1c(NC2(C)CCOC2)cc(N)cc1S(N)(=O)=O. The number of primary sulfonamides is 1. The van der Waals surface area contributed by atoms with Gasteiger partial charge in [0.1, 0.15) is 0 Å². The lowest BCUT2D eigenvalue weighted by molar-refractivity contribution is 0.185. The Morgan fingerprint density at radius 2 is 2.11 bits per heavy atom. The molecule has 1 saturated heterocycles. The lowest BCUT2D eigenvalue weighted by Gasteiger charge is -2.27. The predicted octanol–water partition coefficient (Wildman–Crippen LogP) is 0.816. The fraction of sp³-hybridized carbons (Fsp3) is 0.500. The second kappa shape index (κ2) is 4.66. The summed E-state index contributed by atoms with van der Waals surface area (Å²) in [4.78, 5) is 0.0533. The summed E-state index contributed by atoms with van der Waals surface area (Å²) in [6, 6.07) is 3.09. The molecule has 6 nitrogen and oxygen atoms in total. The molecule has 19 heavy (non-hydrogen) atoms. The van der Waals surface area contributed by atoms with E-state index in [2.05, 4.69) is 5.32 Å². The van der Waals surface area contributed by atoms with Gasteiger partial charge in [-0.3, -0.25) is 0 Å². The van der Waals surface area contributed by atoms with Crippen LogP contribution < -0.4 is 16.2 Å². The fourth-order valence-corrected chi connectivity index (χ4v) is 3.06. The van der Waals surface area contributed by atoms with Gasteiger partial charge in [-0.15, -0.1) is 0 Å². The van der Waals surface area contributed by atoms with Crippen molar-refractivity contribution in [3.05, 3.63) is 17.7 Å². The molecule has 1 aliphatic rings. The van der Waals surface area contributed by atoms with Crippen molar-refractivity contribution in [3.8, 4) is 0 Å². The van der Waals surface area contributed by atoms with Crippen LogP contribution in [-0.4, -0.2) is 27.2 Å². The van der Waals surface area contributed by atoms with Crippen molar-refractivity contribution in [1.82, 2.24) is 0 Å². The zero-order valence-electron chi connectivity index (χ0n) is 11.1. The van der Waals surface area contributed by atoms with Gasteiger partial charge in [0.25, 0.3) is 0 Å². The number of benzene rings is 1. The highest BCUT2D eigenvalue weighted by atomic mass is 32.2. The molecular weight excluding hydrogens is 266 g/mol. The standard InChI is InChI=1S/C12H19N3O3S/c1-8-10(15-12(2)3-4-18-7-12)5-9(13)6-11(8)19(14,16)17/h5-6,15H,3-4,7,13H2,1-2H3,(H2,14,16,17). The molecular formula is C12H19N3O3S. The molecule has 1 fully saturated rings. The number of nitrogens with two attached hydrogens (primary N) is 2. The van der Waals surface area contributed by atoms with Gasteiger partial charge in [0.2, 0.25) is 10.0 Å². The molecule has 7 heteroatoms. The average Bonchev–Trinajstić information content (AvgIpc) is 2.68. The molecule has 0 aromatic heterocycles. The number of rotatable bonds is 3. The Labute approximate surface area is 113 Å². The maximum atomic E-state index is 11.5. The Kier molecular flexibility index (Phi) is 3.46. The van der Waals surface area contributed by atoms with Gasteiger partial charge in [-0.05, 0) is 38.0 Å². The Morgan fingerprint density at radius 3 is 2.63 bits per heavy atom. The summed E-state index contributed by atoms with van der Waals surface area (Å²) in [6.07, 6.45) is 0.853. The summed E-state index contributed by atoms with van der Waals surface area (Å²) < 4.78 is 28.5. The van der Waals surface area contributed by atoms with Gasteiger partial charge >= 0.3 is 0 Å². The molecule has 1 unspecified atom stereocenters. The molecule has 1 aromatic rings. The molecule has 1 atom stereocenters. The molecule has 2 rings (SSSR count). The van der Waals surface area contributed by atoms with E-state index in [0.717, 1.165) is 6.42 Å². The normalized spacial score (nSPS) is 23.5. The summed E-state index contributed by atoms with van der Waals surface area (Å²) in [5, 5.41) is 8.51. The van der Waals surface area contributed by atoms with Crippen LogP contribution in [0, 0.1) is 6.92 Å². The first-order chi connectivity index (χ1) is 8.71. The van der Waals surface area contributed by atoms with Crippen LogP contribution in [0.25, 0.3) is 0 Å². The number of nitrogen functional groups attached to an aromatic ring is 1. The molecule has 1 aliphatic heterocycles. The maximum Gasteiger partial charge on any atom is 0.238 e. The second-order valence-electron chi connectivity index (χ2n) is 5.22. The van der Waals surface area contributed by atoms with Crippen LogP contribution in [0.5, 0.6) is 0 Å². The molecule has 1 aromatic carbocycles. The largest absolute Gasteiger partial charge is 0.399 e. The van der Waals surface area contributed by atoms with Crippen molar-refractivity contribution in [3.63, 3.8) is 0 Å². The summed E-state index contributed by atoms with van der Waals surface area (Å²) in [6.45, 7) is 5.00. The van der Waals surface area contributed by atoms with E-state index in [-0.39, 0.29) is 10.4 Å². The molecule has 1 heterocycles. The minimum Gasteiger partial charge on any atom is -0.399 e. The van der Waals surface area contributed by atoms with Gasteiger partial charge in [-0.25, -0.2) is 13.6 Å². The molecule has 0 bridgehead atoms. The first-order valence-electron chi connectivity index (χ1n) is 6.00. The van der Waals surface area contributed by atoms with Crippen molar-refractivity contribution >= 4 is 21.4 Å². The third kappa shape index (κ3) is 2.99. The van der Waals surface area contributed by atoms with E-state index in [0.29, 0.717) is 30.2 Å². The quantitative estimate of drug-likeness (QED) is 0.712. The second-order valence-corrected chi connectivity index (χ2v) is 6.75. The van der Waals surface area contributed by atoms with Crippen LogP contribution in [0.4, 0.5) is 11.4 Å². The van der Waals surface area contributed by atoms with Crippen LogP contribution in [0.3, 0.4) is 0 Å². The minimum absolute atomic E-state index is 0.0533. The van der Waals surface area contributed by atoms with Crippen LogP contribution in [0.2, 0.25) is 0 Å². The number of hydrogen-bond acceptors (Lipinski definition) is 5. The fourth-order valence-electron chi connectivity index (χ4n) is 2.23. The van der Waals surface area contributed by atoms with E-state index in [4.69, 9.17) is 15.6 Å². The zero-order valence-corrected chi connectivity index (χ0v) is 11.9. The first-order valence-corrected chi connectivity index (χ1v) is 7.55. The smallest absolute Gasteiger partial charge is 0.238 e. The van der Waals surface area contributed by atoms with E-state index in [1.807, 2.05) is 6.92 Å². The van der Waals surface area contributed by atoms with Gasteiger partial charge in [0.05, 0.1) is 17.0 Å². The lowest BCUT2D eigenvalue weighted by Crippen LogP contribution is -2.35. The molecule has 106 valence electrons. The highest BCUT2D eigenvalue weighted by Gasteiger charge is 2.30. The van der Waals surface area contributed by atoms with E-state index in [1.165, 1.54) is 6.07 Å². The van der Waals surface area contributed by atoms with E-state index in [1.54, 1.807) is 13.0 Å². The Bertz CT molecular complexity index is 592. The maximum absolute atomic E-state index is 11.5. The van der Waals surface area contributed by atoms with Gasteiger partial charge in [-0.1, -0.05) is 0 Å². The van der Waals surface area contributed by atoms with Crippen LogP contribution >= 0.6 is 0 Å². The van der Waals surface area contributed by atoms with Crippen molar-refractivity contribution in [2.45, 2.75) is 30.7 Å². The van der Waals surface area contributed by atoms with Crippen LogP contribution in [0.1, 0.15) is 18.9 Å². The Hall–Kier alpha value is -1.31. The van der Waals surface area contributed by atoms with Crippen LogP contribution in [0.15, 0.2) is 17.0 Å². The lowest BCUT2D eigenvalue weighted by atomic mass is 10.0. The summed E-state index contributed by atoms with van der Waals surface area (Å²) in [5.74, 6) is 0. The topological polar surface area (TPSA) is 107 Å². The van der Waals surface area contributed by atoms with E-state index < -0.39 is 10.0 Å². The minimum atomic E-state index is -3.78. The molecule has 0 radical (unpaired) electrons. The number of sulfonamides is 1. The van der Waals surface area contributed by atoms with Crippen molar-refractivity contribution in [2.75, 3.05) is 24.3 Å². The van der Waals surface area contributed by atoms with Gasteiger partial charge in [-0.2, -0.15) is 0 Å². The van der Waals surface area contributed by atoms with Crippen molar-refractivity contribution in [2.24, 2.45) is 5.14 Å². The number of hydrogen-bond donors (Lipinski definition) is 3. The highest BCUT2D eigenvalue weighted by molar-refractivity contribution is 7.89. The van der Waals surface area contributed by atoms with Crippen LogP contribution in [-0.2, 0) is 14.8 Å². The molecule has 0 saturated carbocycles. The molecule has 0 spiro atoms. The summed E-state index contributed by atoms with van der Waals surface area (Å²) in [7, 11) is -3.78. The van der Waals surface area contributed by atoms with Crippen molar-refractivity contribution in [1.29, 1.82) is 0 Å². The average molecular weight is 285 g/mol. The molecule has 0 aliphatic carbocycles. The van der Waals surface area contributed by atoms with Gasteiger partial charge in [0, 0.05) is 18.0 Å². The zero-order chi connectivity index (χ0) is 14.3. The first kappa shape index (κ1) is 14.1. The number of ether oxygens (including phenoxy) is 1. The summed E-state index contributed by atoms with van der Waals surface area (Å²) in [5.41, 5.74) is 7.15. The predicted molar refractivity (Wildman–Crippen MR) is 74.4 cm³/mol. The van der Waals surface area contributed by atoms with E-state index >= 15 is 0 Å². The third-order valence-corrected chi connectivity index (χ3v) is 4.38.